The van der Waals surface area contributed by atoms with Gasteiger partial charge < -0.3 is 4.98 Å². The van der Waals surface area contributed by atoms with Gasteiger partial charge in [0.2, 0.25) is 0 Å². The minimum Gasteiger partial charge on any atom is -0.304 e. The average molecular weight is 563 g/mol. The van der Waals surface area contributed by atoms with Gasteiger partial charge in [-0.1, -0.05) is 67.8 Å². The van der Waals surface area contributed by atoms with E-state index in [1.807, 2.05) is 12.3 Å². The number of hydrogen-bond donors (Lipinski definition) is 0. The normalized spacial score (nSPS) is 13.7. The summed E-state index contributed by atoms with van der Waals surface area (Å²) in [6.07, 6.45) is 1.95. The molecular formula is C28H20IrN-. The van der Waals surface area contributed by atoms with Crippen LogP contribution in [0.4, 0.5) is 0 Å². The van der Waals surface area contributed by atoms with Crippen LogP contribution in [-0.2, 0) is 25.5 Å². The average Bonchev–Trinajstić information content (AvgIpc) is 2.99. The summed E-state index contributed by atoms with van der Waals surface area (Å²) >= 11 is 0. The van der Waals surface area contributed by atoms with Crippen molar-refractivity contribution >= 4 is 21.5 Å². The van der Waals surface area contributed by atoms with Gasteiger partial charge in [-0.3, -0.25) is 0 Å². The Labute approximate surface area is 190 Å². The van der Waals surface area contributed by atoms with Gasteiger partial charge in [0.05, 0.1) is 0 Å². The zero-order valence-electron chi connectivity index (χ0n) is 16.9. The Balaban J connectivity index is 0.00000193. The van der Waals surface area contributed by atoms with Crippen molar-refractivity contribution in [1.29, 1.82) is 0 Å². The molecule has 1 aliphatic rings. The molecule has 147 valence electrons. The first-order chi connectivity index (χ1) is 14.1. The summed E-state index contributed by atoms with van der Waals surface area (Å²) in [4.78, 5) is 4.89. The van der Waals surface area contributed by atoms with Crippen LogP contribution in [0.25, 0.3) is 43.9 Å². The molecule has 0 atom stereocenters. The Morgan fingerprint density at radius 1 is 0.767 bits per heavy atom. The number of fused-ring (bicyclic) bond motifs is 5. The van der Waals surface area contributed by atoms with Crippen molar-refractivity contribution in [3.05, 3.63) is 102 Å². The van der Waals surface area contributed by atoms with Gasteiger partial charge in [0.1, 0.15) is 0 Å². The van der Waals surface area contributed by atoms with E-state index in [4.69, 9.17) is 4.98 Å². The maximum atomic E-state index is 4.89. The van der Waals surface area contributed by atoms with Gasteiger partial charge in [0, 0.05) is 31.7 Å². The summed E-state index contributed by atoms with van der Waals surface area (Å²) in [6.45, 7) is 4.64. The molecule has 1 aromatic heterocycles. The fourth-order valence-electron chi connectivity index (χ4n) is 4.98. The van der Waals surface area contributed by atoms with Gasteiger partial charge in [0.15, 0.2) is 0 Å². The zero-order chi connectivity index (χ0) is 19.6. The van der Waals surface area contributed by atoms with E-state index < -0.39 is 0 Å². The van der Waals surface area contributed by atoms with Gasteiger partial charge in [-0.15, -0.1) is 29.1 Å². The van der Waals surface area contributed by atoms with E-state index >= 15 is 0 Å². The molecule has 0 spiro atoms. The number of hydrogen-bond acceptors (Lipinski definition) is 1. The van der Waals surface area contributed by atoms with E-state index in [0.717, 1.165) is 11.3 Å². The fraction of sp³-hybridized carbons (Fsp3) is 0.107. The van der Waals surface area contributed by atoms with Crippen molar-refractivity contribution in [2.24, 2.45) is 0 Å². The third-order valence-corrected chi connectivity index (χ3v) is 6.38. The Bertz CT molecular complexity index is 1430. The van der Waals surface area contributed by atoms with Gasteiger partial charge in [0.25, 0.3) is 0 Å². The zero-order valence-corrected chi connectivity index (χ0v) is 19.3. The molecule has 6 rings (SSSR count). The van der Waals surface area contributed by atoms with Crippen molar-refractivity contribution in [2.45, 2.75) is 19.3 Å². The van der Waals surface area contributed by atoms with E-state index in [0.29, 0.717) is 0 Å². The number of nitrogens with zero attached hydrogens (tertiary/aromatic N) is 1. The maximum absolute atomic E-state index is 4.89. The minimum atomic E-state index is -0.122. The van der Waals surface area contributed by atoms with E-state index in [1.54, 1.807) is 0 Å². The Morgan fingerprint density at radius 3 is 2.27 bits per heavy atom. The summed E-state index contributed by atoms with van der Waals surface area (Å²) in [5.41, 5.74) is 7.31. The summed E-state index contributed by atoms with van der Waals surface area (Å²) in [5.74, 6) is 0. The first kappa shape index (κ1) is 19.2. The SMILES string of the molecule is CC1(C)c2cc3ccccc3cc2-c2ccnc(-c3[c-]ccc4ccccc34)c21.[Ir]. The van der Waals surface area contributed by atoms with E-state index in [9.17, 15) is 0 Å². The Kier molecular flexibility index (Phi) is 4.39. The molecule has 4 aromatic carbocycles. The first-order valence-electron chi connectivity index (χ1n) is 10.1. The van der Waals surface area contributed by atoms with Crippen LogP contribution in [0.5, 0.6) is 0 Å². The molecule has 0 N–H and O–H groups in total. The predicted octanol–water partition coefficient (Wildman–Crippen LogP) is 7.16. The molecule has 1 radical (unpaired) electrons. The quantitative estimate of drug-likeness (QED) is 0.198. The molecule has 1 aliphatic carbocycles. The third kappa shape index (κ3) is 2.61. The molecule has 0 aliphatic heterocycles. The van der Waals surface area contributed by atoms with Crippen LogP contribution in [0.15, 0.2) is 85.1 Å². The van der Waals surface area contributed by atoms with E-state index in [2.05, 4.69) is 92.7 Å². The third-order valence-electron chi connectivity index (χ3n) is 6.38. The molecule has 1 heterocycles. The molecule has 2 heteroatoms. The van der Waals surface area contributed by atoms with Crippen molar-refractivity contribution < 1.29 is 20.1 Å². The minimum absolute atomic E-state index is 0. The van der Waals surface area contributed by atoms with Crippen molar-refractivity contribution in [3.8, 4) is 22.4 Å². The summed E-state index contributed by atoms with van der Waals surface area (Å²) in [6, 6.07) is 31.6. The van der Waals surface area contributed by atoms with Gasteiger partial charge in [-0.25, -0.2) is 0 Å². The smallest absolute Gasteiger partial charge is 0.0167 e. The molecule has 30 heavy (non-hydrogen) atoms. The van der Waals surface area contributed by atoms with Crippen molar-refractivity contribution in [1.82, 2.24) is 4.98 Å². The second-order valence-corrected chi connectivity index (χ2v) is 8.39. The number of aromatic nitrogens is 1. The van der Waals surface area contributed by atoms with Crippen LogP contribution in [0.1, 0.15) is 25.0 Å². The second kappa shape index (κ2) is 6.87. The van der Waals surface area contributed by atoms with Crippen LogP contribution in [-0.4, -0.2) is 4.98 Å². The monoisotopic (exact) mass is 563 g/mol. The van der Waals surface area contributed by atoms with Crippen LogP contribution in [0.2, 0.25) is 0 Å². The largest absolute Gasteiger partial charge is 0.304 e. The Hall–Kier alpha value is -2.80. The molecule has 0 fully saturated rings. The van der Waals surface area contributed by atoms with Crippen LogP contribution in [0.3, 0.4) is 0 Å². The molecule has 0 saturated carbocycles. The molecule has 0 saturated heterocycles. The predicted molar refractivity (Wildman–Crippen MR) is 121 cm³/mol. The Morgan fingerprint density at radius 2 is 1.47 bits per heavy atom. The summed E-state index contributed by atoms with van der Waals surface area (Å²) in [7, 11) is 0. The molecule has 0 amide bonds. The standard InChI is InChI=1S/C28H20N.Ir/c1-28(2)25-17-20-10-4-3-9-19(20)16-24(25)22-14-15-29-27(26(22)28)23-13-7-11-18-8-5-6-12-21(18)23;/h3-12,14-17H,1-2H3;/q-1;. The van der Waals surface area contributed by atoms with E-state index in [1.165, 1.54) is 43.8 Å². The van der Waals surface area contributed by atoms with Crippen molar-refractivity contribution in [2.75, 3.05) is 0 Å². The fourth-order valence-corrected chi connectivity index (χ4v) is 4.98. The number of benzene rings is 4. The first-order valence-corrected chi connectivity index (χ1v) is 10.1. The number of rotatable bonds is 1. The molecule has 0 bridgehead atoms. The molecule has 0 unspecified atom stereocenters. The van der Waals surface area contributed by atoms with Gasteiger partial charge in [-0.2, -0.15) is 0 Å². The molecule has 1 nitrogen and oxygen atoms in total. The van der Waals surface area contributed by atoms with Crippen LogP contribution < -0.4 is 0 Å². The van der Waals surface area contributed by atoms with Gasteiger partial charge in [-0.05, 0) is 56.9 Å². The number of pyridine rings is 1. The van der Waals surface area contributed by atoms with E-state index in [-0.39, 0.29) is 25.5 Å². The summed E-state index contributed by atoms with van der Waals surface area (Å²) < 4.78 is 0. The molecule has 5 aromatic rings. The molecular weight excluding hydrogens is 543 g/mol. The van der Waals surface area contributed by atoms with Gasteiger partial charge >= 0.3 is 0 Å². The van der Waals surface area contributed by atoms with Crippen molar-refractivity contribution in [3.63, 3.8) is 0 Å². The second-order valence-electron chi connectivity index (χ2n) is 8.39. The van der Waals surface area contributed by atoms with Crippen LogP contribution >= 0.6 is 0 Å². The van der Waals surface area contributed by atoms with Crippen LogP contribution in [0, 0.1) is 6.07 Å². The summed E-state index contributed by atoms with van der Waals surface area (Å²) in [5, 5.41) is 5.00. The maximum Gasteiger partial charge on any atom is 0.0167 e. The topological polar surface area (TPSA) is 12.9 Å².